The first-order chi connectivity index (χ1) is 12.9. The molecule has 0 aliphatic heterocycles. The smallest absolute Gasteiger partial charge is 0.281 e. The maximum atomic E-state index is 12.3. The monoisotopic (exact) mass is 401 g/mol. The van der Waals surface area contributed by atoms with Crippen LogP contribution in [0.25, 0.3) is 9.88 Å². The molecule has 0 bridgehead atoms. The summed E-state index contributed by atoms with van der Waals surface area (Å²) in [6.07, 6.45) is 0. The Morgan fingerprint density at radius 3 is 2.70 bits per heavy atom. The molecule has 2 N–H and O–H groups in total. The number of aromatic nitrogens is 1. The predicted octanol–water partition coefficient (Wildman–Crippen LogP) is 3.64. The van der Waals surface area contributed by atoms with Gasteiger partial charge in [-0.25, -0.2) is 4.98 Å². The number of rotatable bonds is 5. The lowest BCUT2D eigenvalue weighted by Gasteiger charge is -2.10. The molecule has 0 radical (unpaired) electrons. The van der Waals surface area contributed by atoms with Gasteiger partial charge in [0.05, 0.1) is 10.6 Å². The van der Waals surface area contributed by atoms with Crippen molar-refractivity contribution >= 4 is 34.5 Å². The van der Waals surface area contributed by atoms with E-state index in [0.29, 0.717) is 16.3 Å². The third kappa shape index (κ3) is 4.72. The minimum absolute atomic E-state index is 0.188. The van der Waals surface area contributed by atoms with Crippen molar-refractivity contribution in [3.05, 3.63) is 57.4 Å². The van der Waals surface area contributed by atoms with Gasteiger partial charge in [-0.05, 0) is 49.4 Å². The normalized spacial score (nSPS) is 10.5. The minimum atomic E-state index is -0.440. The van der Waals surface area contributed by atoms with Crippen molar-refractivity contribution in [2.24, 2.45) is 0 Å². The molecular formula is C19H19N3O3S2. The Morgan fingerprint density at radius 1 is 1.15 bits per heavy atom. The Hall–Kier alpha value is -2.71. The zero-order valence-corrected chi connectivity index (χ0v) is 16.8. The van der Waals surface area contributed by atoms with Gasteiger partial charge in [0.25, 0.3) is 11.8 Å². The minimum Gasteiger partial charge on any atom is -0.483 e. The second-order valence-electron chi connectivity index (χ2n) is 5.97. The average Bonchev–Trinajstić information content (AvgIpc) is 3.30. The maximum Gasteiger partial charge on any atom is 0.281 e. The number of ether oxygens (including phenoxy) is 1. The Bertz CT molecular complexity index is 965. The van der Waals surface area contributed by atoms with Crippen LogP contribution < -0.4 is 15.6 Å². The van der Waals surface area contributed by atoms with Gasteiger partial charge in [0, 0.05) is 0 Å². The first kappa shape index (κ1) is 19.1. The molecule has 0 spiro atoms. The zero-order chi connectivity index (χ0) is 19.4. The van der Waals surface area contributed by atoms with Gasteiger partial charge in [0.1, 0.15) is 15.6 Å². The van der Waals surface area contributed by atoms with Gasteiger partial charge in [0.2, 0.25) is 0 Å². The molecule has 0 saturated carbocycles. The first-order valence-corrected chi connectivity index (χ1v) is 9.94. The van der Waals surface area contributed by atoms with Gasteiger partial charge >= 0.3 is 0 Å². The third-order valence-electron chi connectivity index (χ3n) is 3.75. The molecule has 0 fully saturated rings. The van der Waals surface area contributed by atoms with Gasteiger partial charge in [-0.3, -0.25) is 20.4 Å². The van der Waals surface area contributed by atoms with Crippen molar-refractivity contribution in [1.82, 2.24) is 15.8 Å². The van der Waals surface area contributed by atoms with E-state index in [0.717, 1.165) is 21.0 Å². The Morgan fingerprint density at radius 2 is 1.96 bits per heavy atom. The molecule has 6 nitrogen and oxygen atoms in total. The summed E-state index contributed by atoms with van der Waals surface area (Å²) in [5, 5.41) is 2.75. The van der Waals surface area contributed by atoms with Gasteiger partial charge in [-0.2, -0.15) is 0 Å². The summed E-state index contributed by atoms with van der Waals surface area (Å²) in [5.41, 5.74) is 7.41. The molecular weight excluding hydrogens is 382 g/mol. The number of hydrogen-bond donors (Lipinski definition) is 2. The molecule has 140 valence electrons. The first-order valence-electron chi connectivity index (χ1n) is 8.24. The molecule has 0 aliphatic carbocycles. The van der Waals surface area contributed by atoms with Crippen LogP contribution in [-0.4, -0.2) is 23.4 Å². The number of nitrogens with zero attached hydrogens (tertiary/aromatic N) is 1. The summed E-state index contributed by atoms with van der Waals surface area (Å²) in [6.45, 7) is 5.45. The highest BCUT2D eigenvalue weighted by Crippen LogP contribution is 2.30. The molecule has 27 heavy (non-hydrogen) atoms. The van der Waals surface area contributed by atoms with Crippen LogP contribution in [0, 0.1) is 20.8 Å². The van der Waals surface area contributed by atoms with Gasteiger partial charge in [0.15, 0.2) is 6.61 Å². The van der Waals surface area contributed by atoms with E-state index in [-0.39, 0.29) is 6.61 Å². The molecule has 2 aromatic heterocycles. The maximum absolute atomic E-state index is 12.3. The summed E-state index contributed by atoms with van der Waals surface area (Å²) in [7, 11) is 0. The van der Waals surface area contributed by atoms with Crippen molar-refractivity contribution in [3.8, 4) is 15.6 Å². The molecule has 2 heterocycles. The molecule has 0 saturated heterocycles. The van der Waals surface area contributed by atoms with Crippen molar-refractivity contribution in [3.63, 3.8) is 0 Å². The number of amides is 2. The average molecular weight is 402 g/mol. The second kappa shape index (κ2) is 8.32. The molecule has 8 heteroatoms. The van der Waals surface area contributed by atoms with Crippen LogP contribution in [0.1, 0.15) is 26.5 Å². The standard InChI is InChI=1S/C19H19N3O3S2/c1-11-6-7-12(2)14(9-11)25-10-16(23)21-22-18(24)17-13(3)20-19(27-17)15-5-4-8-26-15/h4-9H,10H2,1-3H3,(H,21,23)(H,22,24). The lowest BCUT2D eigenvalue weighted by molar-refractivity contribution is -0.123. The summed E-state index contributed by atoms with van der Waals surface area (Å²) < 4.78 is 5.52. The van der Waals surface area contributed by atoms with Crippen LogP contribution in [-0.2, 0) is 4.79 Å². The number of thiophene rings is 1. The topological polar surface area (TPSA) is 80.3 Å². The summed E-state index contributed by atoms with van der Waals surface area (Å²) in [4.78, 5) is 30.2. The summed E-state index contributed by atoms with van der Waals surface area (Å²) >= 11 is 2.86. The Balaban J connectivity index is 1.54. The number of aryl methyl sites for hydroxylation is 3. The van der Waals surface area contributed by atoms with Crippen LogP contribution in [0.4, 0.5) is 0 Å². The number of hydrazine groups is 1. The van der Waals surface area contributed by atoms with Crippen LogP contribution in [0.2, 0.25) is 0 Å². The fourth-order valence-corrected chi connectivity index (χ4v) is 4.10. The van der Waals surface area contributed by atoms with Crippen molar-refractivity contribution in [1.29, 1.82) is 0 Å². The van der Waals surface area contributed by atoms with Crippen molar-refractivity contribution in [2.75, 3.05) is 6.61 Å². The highest BCUT2D eigenvalue weighted by molar-refractivity contribution is 7.22. The van der Waals surface area contributed by atoms with Gasteiger partial charge in [-0.15, -0.1) is 22.7 Å². The highest BCUT2D eigenvalue weighted by atomic mass is 32.1. The number of hydrogen-bond acceptors (Lipinski definition) is 6. The van der Waals surface area contributed by atoms with Crippen LogP contribution >= 0.6 is 22.7 Å². The number of carbonyl (C=O) groups is 2. The van der Waals surface area contributed by atoms with Crippen LogP contribution in [0.3, 0.4) is 0 Å². The molecule has 0 unspecified atom stereocenters. The van der Waals surface area contributed by atoms with Gasteiger partial charge < -0.3 is 4.74 Å². The summed E-state index contributed by atoms with van der Waals surface area (Å²) in [6, 6.07) is 9.67. The van der Waals surface area contributed by atoms with E-state index < -0.39 is 11.8 Å². The van der Waals surface area contributed by atoms with E-state index in [1.807, 2.05) is 49.6 Å². The molecule has 1 aromatic carbocycles. The van der Waals surface area contributed by atoms with E-state index >= 15 is 0 Å². The lowest BCUT2D eigenvalue weighted by atomic mass is 10.1. The fraction of sp³-hybridized carbons (Fsp3) is 0.211. The lowest BCUT2D eigenvalue weighted by Crippen LogP contribution is -2.43. The highest BCUT2D eigenvalue weighted by Gasteiger charge is 2.17. The molecule has 3 aromatic rings. The quantitative estimate of drug-likeness (QED) is 0.640. The number of benzene rings is 1. The van der Waals surface area contributed by atoms with Crippen LogP contribution in [0.15, 0.2) is 35.7 Å². The van der Waals surface area contributed by atoms with E-state index in [1.54, 1.807) is 18.3 Å². The van der Waals surface area contributed by atoms with E-state index in [2.05, 4.69) is 15.8 Å². The molecule has 0 atom stereocenters. The number of thiazole rings is 1. The SMILES string of the molecule is Cc1ccc(C)c(OCC(=O)NNC(=O)c2sc(-c3cccs3)nc2C)c1. The summed E-state index contributed by atoms with van der Waals surface area (Å²) in [5.74, 6) is -0.187. The van der Waals surface area contributed by atoms with Crippen molar-refractivity contribution in [2.45, 2.75) is 20.8 Å². The molecule has 3 rings (SSSR count). The largest absolute Gasteiger partial charge is 0.483 e. The van der Waals surface area contributed by atoms with E-state index in [1.165, 1.54) is 11.3 Å². The number of carbonyl (C=O) groups excluding carboxylic acids is 2. The number of nitrogens with one attached hydrogen (secondary N) is 2. The second-order valence-corrected chi connectivity index (χ2v) is 7.92. The third-order valence-corrected chi connectivity index (χ3v) is 5.95. The van der Waals surface area contributed by atoms with Crippen LogP contribution in [0.5, 0.6) is 5.75 Å². The molecule has 0 aliphatic rings. The van der Waals surface area contributed by atoms with Gasteiger partial charge in [-0.1, -0.05) is 18.2 Å². The van der Waals surface area contributed by atoms with E-state index in [4.69, 9.17) is 4.74 Å². The predicted molar refractivity (Wildman–Crippen MR) is 107 cm³/mol. The Labute approximate surface area is 165 Å². The molecule has 2 amide bonds. The van der Waals surface area contributed by atoms with E-state index in [9.17, 15) is 9.59 Å². The van der Waals surface area contributed by atoms with Crippen molar-refractivity contribution < 1.29 is 14.3 Å². The fourth-order valence-electron chi connectivity index (χ4n) is 2.34. The Kier molecular flexibility index (Phi) is 5.88. The zero-order valence-electron chi connectivity index (χ0n) is 15.2.